The van der Waals surface area contributed by atoms with E-state index in [-0.39, 0.29) is 11.2 Å². The van der Waals surface area contributed by atoms with Gasteiger partial charge in [-0.05, 0) is 76.5 Å². The van der Waals surface area contributed by atoms with Crippen LogP contribution in [0.4, 0.5) is 0 Å². The van der Waals surface area contributed by atoms with Crippen LogP contribution in [0.5, 0.6) is 5.75 Å². The van der Waals surface area contributed by atoms with Crippen molar-refractivity contribution < 1.29 is 15.0 Å². The number of phenols is 1. The van der Waals surface area contributed by atoms with Crippen LogP contribution in [0.1, 0.15) is 77.0 Å². The molecule has 0 radical (unpaired) electrons. The number of carbonyl (C=O) groups is 1. The van der Waals surface area contributed by atoms with Crippen molar-refractivity contribution >= 4 is 17.1 Å². The minimum absolute atomic E-state index is 0.266. The monoisotopic (exact) mass is 418 g/mol. The molecule has 0 heterocycles. The van der Waals surface area contributed by atoms with Gasteiger partial charge in [0.05, 0.1) is 0 Å². The summed E-state index contributed by atoms with van der Waals surface area (Å²) < 4.78 is 0. The second kappa shape index (κ2) is 8.74. The minimum Gasteiger partial charge on any atom is -0.508 e. The molecule has 0 unspecified atom stereocenters. The van der Waals surface area contributed by atoms with Crippen LogP contribution in [0, 0.1) is 10.8 Å². The molecule has 1 saturated carbocycles. The third kappa shape index (κ3) is 5.66. The topological polar surface area (TPSA) is 57.5 Å². The van der Waals surface area contributed by atoms with Crippen LogP contribution in [-0.4, -0.2) is 16.2 Å². The number of hydrogen-bond donors (Lipinski definition) is 2. The number of aliphatic carboxylic acids is 1. The maximum absolute atomic E-state index is 11.4. The van der Waals surface area contributed by atoms with Crippen molar-refractivity contribution in [3.05, 3.63) is 76.9 Å². The van der Waals surface area contributed by atoms with E-state index in [1.54, 1.807) is 12.1 Å². The van der Waals surface area contributed by atoms with E-state index in [4.69, 9.17) is 0 Å². The van der Waals surface area contributed by atoms with Crippen LogP contribution in [0.3, 0.4) is 0 Å². The maximum atomic E-state index is 11.4. The van der Waals surface area contributed by atoms with Gasteiger partial charge in [0.1, 0.15) is 5.75 Å². The van der Waals surface area contributed by atoms with Gasteiger partial charge in [-0.25, -0.2) is 4.79 Å². The first-order valence-electron chi connectivity index (χ1n) is 11.0. The summed E-state index contributed by atoms with van der Waals surface area (Å²) in [7, 11) is 0. The zero-order chi connectivity index (χ0) is 22.8. The molecule has 1 aliphatic carbocycles. The van der Waals surface area contributed by atoms with Crippen molar-refractivity contribution in [1.29, 1.82) is 0 Å². The molecule has 0 amide bonds. The summed E-state index contributed by atoms with van der Waals surface area (Å²) in [6, 6.07) is 15.7. The predicted octanol–water partition coefficient (Wildman–Crippen LogP) is 7.31. The molecule has 0 spiro atoms. The number of allylic oxidation sites excluding steroid dienone is 2. The second-order valence-electron chi connectivity index (χ2n) is 10.4. The lowest BCUT2D eigenvalue weighted by atomic mass is 9.73. The molecule has 0 bridgehead atoms. The van der Waals surface area contributed by atoms with E-state index in [2.05, 4.69) is 26.0 Å². The second-order valence-corrected chi connectivity index (χ2v) is 10.4. The molecule has 3 nitrogen and oxygen atoms in total. The molecule has 1 fully saturated rings. The van der Waals surface area contributed by atoms with E-state index in [1.165, 1.54) is 17.2 Å². The summed E-state index contributed by atoms with van der Waals surface area (Å²) in [6.07, 6.45) is 5.78. The van der Waals surface area contributed by atoms with Gasteiger partial charge in [0.2, 0.25) is 0 Å². The first kappa shape index (κ1) is 22.9. The van der Waals surface area contributed by atoms with Crippen LogP contribution in [-0.2, 0) is 4.79 Å². The van der Waals surface area contributed by atoms with Gasteiger partial charge < -0.3 is 10.2 Å². The summed E-state index contributed by atoms with van der Waals surface area (Å²) in [5.41, 5.74) is 6.77. The summed E-state index contributed by atoms with van der Waals surface area (Å²) in [6.45, 7) is 10.8. The van der Waals surface area contributed by atoms with Gasteiger partial charge in [-0.2, -0.15) is 0 Å². The maximum Gasteiger partial charge on any atom is 0.328 e. The van der Waals surface area contributed by atoms with Crippen LogP contribution >= 0.6 is 0 Å². The fraction of sp³-hybridized carbons (Fsp3) is 0.393. The predicted molar refractivity (Wildman–Crippen MR) is 128 cm³/mol. The third-order valence-electron chi connectivity index (χ3n) is 6.28. The minimum atomic E-state index is -0.925. The lowest BCUT2D eigenvalue weighted by Gasteiger charge is -2.32. The Morgan fingerprint density at radius 1 is 0.871 bits per heavy atom. The Morgan fingerprint density at radius 2 is 1.32 bits per heavy atom. The molecule has 3 heteroatoms. The number of aromatic hydroxyl groups is 1. The molecule has 164 valence electrons. The van der Waals surface area contributed by atoms with Crippen LogP contribution in [0.2, 0.25) is 0 Å². The Morgan fingerprint density at radius 3 is 1.77 bits per heavy atom. The fourth-order valence-electron chi connectivity index (χ4n) is 4.35. The molecule has 2 aromatic carbocycles. The average molecular weight is 419 g/mol. The van der Waals surface area contributed by atoms with Gasteiger partial charge in [0.15, 0.2) is 0 Å². The van der Waals surface area contributed by atoms with Gasteiger partial charge in [-0.3, -0.25) is 0 Å². The molecular formula is C28H34O3. The van der Waals surface area contributed by atoms with E-state index < -0.39 is 5.97 Å². The Balaban J connectivity index is 2.06. The zero-order valence-corrected chi connectivity index (χ0v) is 19.3. The Labute approximate surface area is 186 Å². The van der Waals surface area contributed by atoms with Crippen molar-refractivity contribution in [3.8, 4) is 5.75 Å². The molecule has 0 atom stereocenters. The fourth-order valence-corrected chi connectivity index (χ4v) is 4.35. The Bertz CT molecular complexity index is 986. The number of rotatable bonds is 4. The molecule has 0 saturated heterocycles. The van der Waals surface area contributed by atoms with Crippen molar-refractivity contribution in [1.82, 2.24) is 0 Å². The summed E-state index contributed by atoms with van der Waals surface area (Å²) in [4.78, 5) is 11.4. The highest BCUT2D eigenvalue weighted by atomic mass is 16.4. The van der Waals surface area contributed by atoms with E-state index in [0.717, 1.165) is 47.9 Å². The largest absolute Gasteiger partial charge is 0.508 e. The molecule has 2 N–H and O–H groups in total. The third-order valence-corrected chi connectivity index (χ3v) is 6.28. The van der Waals surface area contributed by atoms with Crippen LogP contribution in [0.15, 0.2) is 60.2 Å². The van der Waals surface area contributed by atoms with Crippen molar-refractivity contribution in [3.63, 3.8) is 0 Å². The van der Waals surface area contributed by atoms with Crippen molar-refractivity contribution in [2.75, 3.05) is 0 Å². The SMILES string of the molecule is CC1(C)CCC(=C(c2ccc(O)cc2)c2ccc(/C(=C/C(=O)O)C(C)(C)C)cc2)CC1. The normalized spacial score (nSPS) is 16.8. The molecule has 0 aromatic heterocycles. The summed E-state index contributed by atoms with van der Waals surface area (Å²) in [5, 5.41) is 19.1. The summed E-state index contributed by atoms with van der Waals surface area (Å²) in [5.74, 6) is -0.660. The first-order chi connectivity index (χ1) is 14.5. The molecule has 31 heavy (non-hydrogen) atoms. The summed E-state index contributed by atoms with van der Waals surface area (Å²) >= 11 is 0. The molecule has 2 aromatic rings. The smallest absolute Gasteiger partial charge is 0.328 e. The number of carboxylic acid groups (broad SMARTS) is 1. The first-order valence-corrected chi connectivity index (χ1v) is 11.0. The molecule has 1 aliphatic rings. The molecular weight excluding hydrogens is 384 g/mol. The lowest BCUT2D eigenvalue weighted by molar-refractivity contribution is -0.131. The van der Waals surface area contributed by atoms with Crippen molar-refractivity contribution in [2.24, 2.45) is 10.8 Å². The van der Waals surface area contributed by atoms with Crippen LogP contribution < -0.4 is 0 Å². The van der Waals surface area contributed by atoms with Gasteiger partial charge in [-0.1, -0.05) is 76.6 Å². The van der Waals surface area contributed by atoms with E-state index in [0.29, 0.717) is 5.41 Å². The number of phenolic OH excluding ortho intramolecular Hbond substituents is 1. The highest BCUT2D eigenvalue weighted by molar-refractivity contribution is 5.91. The van der Waals surface area contributed by atoms with Gasteiger partial charge >= 0.3 is 5.97 Å². The van der Waals surface area contributed by atoms with Gasteiger partial charge in [0.25, 0.3) is 0 Å². The lowest BCUT2D eigenvalue weighted by Crippen LogP contribution is -2.17. The number of carboxylic acids is 1. The Kier molecular flexibility index (Phi) is 6.45. The van der Waals surface area contributed by atoms with Crippen LogP contribution in [0.25, 0.3) is 11.1 Å². The number of benzene rings is 2. The Hall–Kier alpha value is -2.81. The van der Waals surface area contributed by atoms with E-state index in [1.807, 2.05) is 45.0 Å². The molecule has 0 aliphatic heterocycles. The standard InChI is InChI=1S/C28H34O3/c1-27(2,3)24(18-25(30)31)19-6-8-20(9-7-19)26(21-10-12-23(29)13-11-21)22-14-16-28(4,5)17-15-22/h6-13,18,29H,14-17H2,1-5H3,(H,30,31)/b24-18-. The highest BCUT2D eigenvalue weighted by Gasteiger charge is 2.26. The molecule has 3 rings (SSSR count). The van der Waals surface area contributed by atoms with Gasteiger partial charge in [0, 0.05) is 6.08 Å². The van der Waals surface area contributed by atoms with E-state index >= 15 is 0 Å². The highest BCUT2D eigenvalue weighted by Crippen LogP contribution is 2.43. The average Bonchev–Trinajstić information content (AvgIpc) is 2.69. The number of hydrogen-bond acceptors (Lipinski definition) is 2. The van der Waals surface area contributed by atoms with Gasteiger partial charge in [-0.15, -0.1) is 0 Å². The van der Waals surface area contributed by atoms with E-state index in [9.17, 15) is 15.0 Å². The van der Waals surface area contributed by atoms with Crippen molar-refractivity contribution in [2.45, 2.75) is 60.3 Å². The quantitative estimate of drug-likeness (QED) is 0.512. The zero-order valence-electron chi connectivity index (χ0n) is 19.3.